The molecule has 1 N–H and O–H groups in total. The van der Waals surface area contributed by atoms with Crippen LogP contribution in [0.1, 0.15) is 29.6 Å². The molecule has 3 fully saturated rings. The minimum absolute atomic E-state index is 0.114. The summed E-state index contributed by atoms with van der Waals surface area (Å²) in [6.07, 6.45) is 3.98. The Hall–Kier alpha value is -1.58. The standard InChI is InChI=1S/C16H18FNO2/c1-20-10-4-5-11(12(17)7-10)16(19)18-15-13-8-2-3-9(6-8)14(13)15/h4-5,7-9,13-15H,2-3,6H2,1H3,(H,18,19). The summed E-state index contributed by atoms with van der Waals surface area (Å²) in [5, 5.41) is 3.03. The smallest absolute Gasteiger partial charge is 0.254 e. The molecular formula is C16H18FNO2. The molecule has 1 aromatic carbocycles. The monoisotopic (exact) mass is 275 g/mol. The maximum Gasteiger partial charge on any atom is 0.254 e. The van der Waals surface area contributed by atoms with Crippen molar-refractivity contribution < 1.29 is 13.9 Å². The Bertz CT molecular complexity index is 558. The average Bonchev–Trinajstić information content (AvgIpc) is 2.84. The molecule has 0 heterocycles. The minimum Gasteiger partial charge on any atom is -0.497 e. The molecule has 4 unspecified atom stereocenters. The average molecular weight is 275 g/mol. The van der Waals surface area contributed by atoms with Crippen molar-refractivity contribution in [2.24, 2.45) is 23.7 Å². The molecule has 4 atom stereocenters. The van der Waals surface area contributed by atoms with Crippen molar-refractivity contribution >= 4 is 5.91 Å². The van der Waals surface area contributed by atoms with E-state index in [1.165, 1.54) is 38.5 Å². The summed E-state index contributed by atoms with van der Waals surface area (Å²) in [5.74, 6) is 2.56. The Balaban J connectivity index is 1.47. The Labute approximate surface area is 117 Å². The molecule has 0 radical (unpaired) electrons. The summed E-state index contributed by atoms with van der Waals surface area (Å²) in [7, 11) is 1.48. The number of nitrogens with one attached hydrogen (secondary N) is 1. The van der Waals surface area contributed by atoms with Gasteiger partial charge in [-0.15, -0.1) is 0 Å². The lowest BCUT2D eigenvalue weighted by Gasteiger charge is -2.11. The number of methoxy groups -OCH3 is 1. The summed E-state index contributed by atoms with van der Waals surface area (Å²) >= 11 is 0. The van der Waals surface area contributed by atoms with Crippen molar-refractivity contribution in [3.05, 3.63) is 29.6 Å². The molecule has 0 saturated heterocycles. The fraction of sp³-hybridized carbons (Fsp3) is 0.562. The first-order chi connectivity index (χ1) is 9.69. The third kappa shape index (κ3) is 1.67. The molecular weight excluding hydrogens is 257 g/mol. The van der Waals surface area contributed by atoms with Crippen LogP contribution in [0.3, 0.4) is 0 Å². The van der Waals surface area contributed by atoms with E-state index in [0.29, 0.717) is 17.6 Å². The predicted molar refractivity (Wildman–Crippen MR) is 72.0 cm³/mol. The lowest BCUT2D eigenvalue weighted by Crippen LogP contribution is -2.30. The maximum atomic E-state index is 13.9. The van der Waals surface area contributed by atoms with Gasteiger partial charge in [0.25, 0.3) is 5.91 Å². The van der Waals surface area contributed by atoms with Crippen LogP contribution >= 0.6 is 0 Å². The molecule has 2 bridgehead atoms. The summed E-state index contributed by atoms with van der Waals surface area (Å²) in [6, 6.07) is 4.66. The molecule has 1 aromatic rings. The number of ether oxygens (including phenoxy) is 1. The molecule has 1 amide bonds. The molecule has 106 valence electrons. The lowest BCUT2D eigenvalue weighted by atomic mass is 10.0. The quantitative estimate of drug-likeness (QED) is 0.921. The number of carbonyl (C=O) groups is 1. The number of hydrogen-bond acceptors (Lipinski definition) is 2. The van der Waals surface area contributed by atoms with E-state index in [0.717, 1.165) is 11.8 Å². The SMILES string of the molecule is COc1ccc(C(=O)NC2C3C4CCC(C4)C23)c(F)c1. The fourth-order valence-corrected chi connectivity index (χ4v) is 4.55. The second-order valence-corrected chi connectivity index (χ2v) is 6.33. The minimum atomic E-state index is -0.518. The number of rotatable bonds is 3. The molecule has 3 nitrogen and oxygen atoms in total. The highest BCUT2D eigenvalue weighted by Crippen LogP contribution is 2.65. The van der Waals surface area contributed by atoms with Crippen molar-refractivity contribution in [2.75, 3.05) is 7.11 Å². The molecule has 0 aliphatic heterocycles. The van der Waals surface area contributed by atoms with E-state index < -0.39 is 5.82 Å². The van der Waals surface area contributed by atoms with E-state index in [-0.39, 0.29) is 17.5 Å². The van der Waals surface area contributed by atoms with E-state index in [2.05, 4.69) is 5.32 Å². The van der Waals surface area contributed by atoms with Crippen LogP contribution in [0, 0.1) is 29.5 Å². The van der Waals surface area contributed by atoms with Crippen molar-refractivity contribution in [1.29, 1.82) is 0 Å². The highest BCUT2D eigenvalue weighted by atomic mass is 19.1. The number of hydrogen-bond donors (Lipinski definition) is 1. The van der Waals surface area contributed by atoms with Crippen molar-refractivity contribution in [1.82, 2.24) is 5.32 Å². The summed E-state index contributed by atoms with van der Waals surface area (Å²) in [5.41, 5.74) is 0.114. The zero-order valence-electron chi connectivity index (χ0n) is 11.4. The zero-order chi connectivity index (χ0) is 13.9. The topological polar surface area (TPSA) is 38.3 Å². The van der Waals surface area contributed by atoms with E-state index in [9.17, 15) is 9.18 Å². The largest absolute Gasteiger partial charge is 0.497 e. The Morgan fingerprint density at radius 1 is 1.30 bits per heavy atom. The van der Waals surface area contributed by atoms with E-state index >= 15 is 0 Å². The van der Waals surface area contributed by atoms with Crippen LogP contribution < -0.4 is 10.1 Å². The van der Waals surface area contributed by atoms with Gasteiger partial charge in [0.2, 0.25) is 0 Å². The van der Waals surface area contributed by atoms with E-state index in [1.807, 2.05) is 0 Å². The number of fused-ring (bicyclic) bond motifs is 5. The first-order valence-corrected chi connectivity index (χ1v) is 7.33. The summed E-state index contributed by atoms with van der Waals surface area (Å²) < 4.78 is 18.8. The van der Waals surface area contributed by atoms with Crippen LogP contribution in [0.5, 0.6) is 5.75 Å². The van der Waals surface area contributed by atoms with Gasteiger partial charge in [0.05, 0.1) is 12.7 Å². The summed E-state index contributed by atoms with van der Waals surface area (Å²) in [6.45, 7) is 0. The van der Waals surface area contributed by atoms with Crippen LogP contribution in [0.4, 0.5) is 4.39 Å². The molecule has 4 rings (SSSR count). The van der Waals surface area contributed by atoms with E-state index in [1.54, 1.807) is 6.07 Å². The molecule has 4 heteroatoms. The van der Waals surface area contributed by atoms with Gasteiger partial charge >= 0.3 is 0 Å². The number of benzene rings is 1. The Kier molecular flexibility index (Phi) is 2.56. The van der Waals surface area contributed by atoms with Gasteiger partial charge in [0, 0.05) is 12.1 Å². The zero-order valence-corrected chi connectivity index (χ0v) is 11.4. The van der Waals surface area contributed by atoms with Gasteiger partial charge in [-0.1, -0.05) is 0 Å². The van der Waals surface area contributed by atoms with Crippen molar-refractivity contribution in [3.8, 4) is 5.75 Å². The predicted octanol–water partition coefficient (Wildman–Crippen LogP) is 2.61. The third-order valence-corrected chi connectivity index (χ3v) is 5.45. The first-order valence-electron chi connectivity index (χ1n) is 7.33. The number of carbonyl (C=O) groups excluding carboxylic acids is 1. The van der Waals surface area contributed by atoms with Gasteiger partial charge in [-0.3, -0.25) is 4.79 Å². The van der Waals surface area contributed by atoms with Crippen LogP contribution in [-0.2, 0) is 0 Å². The molecule has 3 aliphatic rings. The summed E-state index contributed by atoms with van der Waals surface area (Å²) in [4.78, 5) is 12.2. The maximum absolute atomic E-state index is 13.9. The fourth-order valence-electron chi connectivity index (χ4n) is 4.55. The van der Waals surface area contributed by atoms with Crippen LogP contribution in [0.15, 0.2) is 18.2 Å². The second kappa shape index (κ2) is 4.21. The highest BCUT2D eigenvalue weighted by Gasteiger charge is 2.65. The van der Waals surface area contributed by atoms with Gasteiger partial charge in [0.1, 0.15) is 11.6 Å². The van der Waals surface area contributed by atoms with Crippen molar-refractivity contribution in [3.63, 3.8) is 0 Å². The van der Waals surface area contributed by atoms with Crippen LogP contribution in [0.2, 0.25) is 0 Å². The molecule has 3 aliphatic carbocycles. The van der Waals surface area contributed by atoms with Crippen molar-refractivity contribution in [2.45, 2.75) is 25.3 Å². The molecule has 0 spiro atoms. The Morgan fingerprint density at radius 3 is 2.60 bits per heavy atom. The molecule has 20 heavy (non-hydrogen) atoms. The normalized spacial score (nSPS) is 36.6. The van der Waals surface area contributed by atoms with Gasteiger partial charge in [-0.25, -0.2) is 4.39 Å². The van der Waals surface area contributed by atoms with Gasteiger partial charge < -0.3 is 10.1 Å². The van der Waals surface area contributed by atoms with Crippen LogP contribution in [-0.4, -0.2) is 19.1 Å². The second-order valence-electron chi connectivity index (χ2n) is 6.33. The lowest BCUT2D eigenvalue weighted by molar-refractivity contribution is 0.0940. The third-order valence-electron chi connectivity index (χ3n) is 5.45. The van der Waals surface area contributed by atoms with E-state index in [4.69, 9.17) is 4.74 Å². The van der Waals surface area contributed by atoms with Crippen LogP contribution in [0.25, 0.3) is 0 Å². The molecule has 3 saturated carbocycles. The number of amides is 1. The highest BCUT2D eigenvalue weighted by molar-refractivity contribution is 5.95. The Morgan fingerprint density at radius 2 is 2.00 bits per heavy atom. The number of halogens is 1. The first kappa shape index (κ1) is 12.2. The van der Waals surface area contributed by atoms with Gasteiger partial charge in [-0.05, 0) is 55.1 Å². The van der Waals surface area contributed by atoms with Gasteiger partial charge in [0.15, 0.2) is 0 Å². The van der Waals surface area contributed by atoms with Gasteiger partial charge in [-0.2, -0.15) is 0 Å². The molecule has 0 aromatic heterocycles.